The van der Waals surface area contributed by atoms with Crippen LogP contribution in [0.25, 0.3) is 0 Å². The van der Waals surface area contributed by atoms with Crippen LogP contribution in [0.4, 0.5) is 0 Å². The number of aliphatic imine (C=N–C) groups is 1. The number of likely N-dealkylation sites (N-methyl/N-ethyl adjacent to an activating group) is 1. The molecule has 0 rings (SSSR count). The van der Waals surface area contributed by atoms with Gasteiger partial charge in [0, 0.05) is 26.7 Å². The molecule has 6 heteroatoms. The fourth-order valence-corrected chi connectivity index (χ4v) is 2.20. The number of hydrogen-bond donors (Lipinski definition) is 2. The Morgan fingerprint density at radius 2 is 1.80 bits per heavy atom. The molecule has 0 aromatic heterocycles. The van der Waals surface area contributed by atoms with Crippen molar-refractivity contribution >= 4 is 41.7 Å². The number of nitrogens with zero attached hydrogens (tertiary/aromatic N) is 2. The van der Waals surface area contributed by atoms with Crippen LogP contribution < -0.4 is 10.6 Å². The van der Waals surface area contributed by atoms with Crippen molar-refractivity contribution in [3.63, 3.8) is 0 Å². The van der Waals surface area contributed by atoms with E-state index in [0.717, 1.165) is 25.6 Å². The maximum Gasteiger partial charge on any atom is 0.191 e. The van der Waals surface area contributed by atoms with Crippen LogP contribution in [-0.2, 0) is 0 Å². The molecule has 4 nitrogen and oxygen atoms in total. The highest BCUT2D eigenvalue weighted by atomic mass is 127. The van der Waals surface area contributed by atoms with Crippen LogP contribution >= 0.6 is 35.7 Å². The zero-order valence-corrected chi connectivity index (χ0v) is 16.7. The normalized spacial score (nSPS) is 11.3. The lowest BCUT2D eigenvalue weighted by Crippen LogP contribution is -2.41. The predicted molar refractivity (Wildman–Crippen MR) is 105 cm³/mol. The molecule has 0 heterocycles. The Morgan fingerprint density at radius 3 is 2.40 bits per heavy atom. The van der Waals surface area contributed by atoms with E-state index in [1.807, 2.05) is 18.8 Å². The van der Waals surface area contributed by atoms with E-state index < -0.39 is 0 Å². The second-order valence-corrected chi connectivity index (χ2v) is 5.77. The zero-order valence-electron chi connectivity index (χ0n) is 13.6. The van der Waals surface area contributed by atoms with Gasteiger partial charge in [0.1, 0.15) is 0 Å². The maximum absolute atomic E-state index is 4.24. The first-order valence-corrected chi connectivity index (χ1v) is 8.76. The average molecular weight is 416 g/mol. The minimum atomic E-state index is 0. The summed E-state index contributed by atoms with van der Waals surface area (Å²) in [5.74, 6) is 2.17. The predicted octanol–water partition coefficient (Wildman–Crippen LogP) is 2.64. The number of thioether (sulfide) groups is 1. The van der Waals surface area contributed by atoms with Gasteiger partial charge < -0.3 is 15.5 Å². The molecule has 0 unspecified atom stereocenters. The lowest BCUT2D eigenvalue weighted by atomic mass is 10.3. The van der Waals surface area contributed by atoms with Crippen molar-refractivity contribution in [3.05, 3.63) is 0 Å². The molecule has 122 valence electrons. The molecule has 0 saturated carbocycles. The molecule has 0 atom stereocenters. The lowest BCUT2D eigenvalue weighted by Gasteiger charge is -2.17. The fraction of sp³-hybridized carbons (Fsp3) is 0.929. The van der Waals surface area contributed by atoms with Crippen molar-refractivity contribution in [2.75, 3.05) is 52.3 Å². The summed E-state index contributed by atoms with van der Waals surface area (Å²) in [6.45, 7) is 6.43. The molecule has 0 aliphatic carbocycles. The van der Waals surface area contributed by atoms with E-state index in [1.54, 1.807) is 0 Å². The van der Waals surface area contributed by atoms with Gasteiger partial charge in [-0.15, -0.1) is 24.0 Å². The van der Waals surface area contributed by atoms with Gasteiger partial charge in [-0.3, -0.25) is 4.99 Å². The quantitative estimate of drug-likeness (QED) is 0.235. The minimum Gasteiger partial charge on any atom is -0.356 e. The Bertz CT molecular complexity index is 227. The summed E-state index contributed by atoms with van der Waals surface area (Å²) in [6.07, 6.45) is 7.17. The summed E-state index contributed by atoms with van der Waals surface area (Å²) in [6, 6.07) is 0. The molecule has 0 fully saturated rings. The largest absolute Gasteiger partial charge is 0.356 e. The van der Waals surface area contributed by atoms with E-state index in [-0.39, 0.29) is 24.0 Å². The van der Waals surface area contributed by atoms with E-state index in [9.17, 15) is 0 Å². The third-order valence-electron chi connectivity index (χ3n) is 2.97. The Hall–Kier alpha value is 0.310. The first-order valence-electron chi connectivity index (χ1n) is 7.36. The molecule has 0 spiro atoms. The number of unbranched alkanes of at least 4 members (excludes halogenated alkanes) is 2. The van der Waals surface area contributed by atoms with E-state index in [4.69, 9.17) is 0 Å². The monoisotopic (exact) mass is 416 g/mol. The fourth-order valence-electron chi connectivity index (χ4n) is 1.70. The van der Waals surface area contributed by atoms with Crippen LogP contribution in [0.2, 0.25) is 0 Å². The highest BCUT2D eigenvalue weighted by Gasteiger charge is 1.99. The molecule has 0 aliphatic rings. The van der Waals surface area contributed by atoms with Gasteiger partial charge in [0.15, 0.2) is 5.96 Å². The van der Waals surface area contributed by atoms with Gasteiger partial charge >= 0.3 is 0 Å². The highest BCUT2D eigenvalue weighted by molar-refractivity contribution is 14.0. The number of rotatable bonds is 11. The third kappa shape index (κ3) is 14.7. The van der Waals surface area contributed by atoms with Gasteiger partial charge in [-0.25, -0.2) is 0 Å². The number of nitrogens with one attached hydrogen (secondary N) is 2. The van der Waals surface area contributed by atoms with Gasteiger partial charge in [0.05, 0.1) is 0 Å². The van der Waals surface area contributed by atoms with Crippen molar-refractivity contribution in [2.45, 2.75) is 32.6 Å². The summed E-state index contributed by atoms with van der Waals surface area (Å²) in [4.78, 5) is 6.60. The highest BCUT2D eigenvalue weighted by Crippen LogP contribution is 1.97. The van der Waals surface area contributed by atoms with Crippen molar-refractivity contribution in [2.24, 2.45) is 4.99 Å². The van der Waals surface area contributed by atoms with Crippen molar-refractivity contribution in [1.29, 1.82) is 0 Å². The molecule has 0 aromatic rings. The number of hydrogen-bond acceptors (Lipinski definition) is 3. The minimum absolute atomic E-state index is 0. The second kappa shape index (κ2) is 17.4. The van der Waals surface area contributed by atoms with Crippen molar-refractivity contribution in [3.8, 4) is 0 Å². The summed E-state index contributed by atoms with van der Waals surface area (Å²) < 4.78 is 0. The summed E-state index contributed by atoms with van der Waals surface area (Å²) in [5, 5.41) is 6.72. The van der Waals surface area contributed by atoms with Gasteiger partial charge in [0.2, 0.25) is 0 Å². The van der Waals surface area contributed by atoms with Gasteiger partial charge in [-0.2, -0.15) is 11.8 Å². The van der Waals surface area contributed by atoms with Crippen LogP contribution in [0.3, 0.4) is 0 Å². The third-order valence-corrected chi connectivity index (χ3v) is 3.67. The van der Waals surface area contributed by atoms with Gasteiger partial charge in [-0.1, -0.05) is 13.3 Å². The Kier molecular flexibility index (Phi) is 19.6. The van der Waals surface area contributed by atoms with E-state index >= 15 is 0 Å². The first-order chi connectivity index (χ1) is 9.24. The van der Waals surface area contributed by atoms with Crippen LogP contribution in [0.5, 0.6) is 0 Å². The summed E-state index contributed by atoms with van der Waals surface area (Å²) in [5.41, 5.74) is 0. The Morgan fingerprint density at radius 1 is 1.10 bits per heavy atom. The van der Waals surface area contributed by atoms with Gasteiger partial charge in [-0.05, 0) is 44.9 Å². The molecular weight excluding hydrogens is 383 g/mol. The molecule has 0 amide bonds. The standard InChI is InChI=1S/C14H32N4S.HI/c1-5-6-11-18(3)12-10-17-14(15-2)16-9-7-8-13-19-4;/h5-13H2,1-4H3,(H2,15,16,17);1H. The number of guanidine groups is 1. The molecule has 2 N–H and O–H groups in total. The van der Waals surface area contributed by atoms with Crippen LogP contribution in [0, 0.1) is 0 Å². The van der Waals surface area contributed by atoms with E-state index in [2.05, 4.69) is 40.8 Å². The van der Waals surface area contributed by atoms with Crippen molar-refractivity contribution in [1.82, 2.24) is 15.5 Å². The molecule has 0 aromatic carbocycles. The Labute approximate surface area is 147 Å². The lowest BCUT2D eigenvalue weighted by molar-refractivity contribution is 0.332. The molecule has 0 aliphatic heterocycles. The summed E-state index contributed by atoms with van der Waals surface area (Å²) >= 11 is 1.91. The van der Waals surface area contributed by atoms with Crippen LogP contribution in [-0.4, -0.2) is 63.1 Å². The van der Waals surface area contributed by atoms with Crippen LogP contribution in [0.15, 0.2) is 4.99 Å². The molecule has 0 saturated heterocycles. The number of halogens is 1. The smallest absolute Gasteiger partial charge is 0.191 e. The van der Waals surface area contributed by atoms with E-state index in [1.165, 1.54) is 38.0 Å². The maximum atomic E-state index is 4.24. The Balaban J connectivity index is 0. The molecule has 20 heavy (non-hydrogen) atoms. The molecule has 0 radical (unpaired) electrons. The van der Waals surface area contributed by atoms with Crippen molar-refractivity contribution < 1.29 is 0 Å². The first kappa shape index (κ1) is 22.6. The van der Waals surface area contributed by atoms with E-state index in [0.29, 0.717) is 0 Å². The second-order valence-electron chi connectivity index (χ2n) is 4.78. The van der Waals surface area contributed by atoms with Gasteiger partial charge in [0.25, 0.3) is 0 Å². The molecule has 0 bridgehead atoms. The molecular formula is C14H33IN4S. The average Bonchev–Trinajstić information content (AvgIpc) is 2.42. The topological polar surface area (TPSA) is 39.7 Å². The van der Waals surface area contributed by atoms with Crippen LogP contribution in [0.1, 0.15) is 32.6 Å². The SMILES string of the molecule is CCCCN(C)CCNC(=NC)NCCCCSC.I. The zero-order chi connectivity index (χ0) is 14.3. The summed E-state index contributed by atoms with van der Waals surface area (Å²) in [7, 11) is 4.01.